The number of nitrogens with two attached hydrogens (primary N) is 1. The molecule has 0 fully saturated rings. The van der Waals surface area contributed by atoms with Crippen molar-refractivity contribution in [3.05, 3.63) is 29.6 Å². The standard InChI is InChI=1S/C13H21N3S/c1-10(2)5-7-16(3)9-11-4-6-15-12(8-11)13(14)17/h4,6,8,10H,5,7,9H2,1-3H3,(H2,14,17). The van der Waals surface area contributed by atoms with E-state index < -0.39 is 0 Å². The third-order valence-corrected chi connectivity index (χ3v) is 2.83. The molecule has 0 aliphatic carbocycles. The Bertz CT molecular complexity index is 377. The summed E-state index contributed by atoms with van der Waals surface area (Å²) in [6, 6.07) is 3.97. The Kier molecular flexibility index (Phi) is 5.51. The van der Waals surface area contributed by atoms with E-state index in [-0.39, 0.29) is 0 Å². The van der Waals surface area contributed by atoms with Crippen molar-refractivity contribution in [2.24, 2.45) is 11.7 Å². The third kappa shape index (κ3) is 5.24. The maximum absolute atomic E-state index is 5.57. The summed E-state index contributed by atoms with van der Waals surface area (Å²) in [6.45, 7) is 6.49. The predicted molar refractivity (Wildman–Crippen MR) is 75.9 cm³/mol. The van der Waals surface area contributed by atoms with Crippen molar-refractivity contribution in [2.45, 2.75) is 26.8 Å². The Labute approximate surface area is 109 Å². The summed E-state index contributed by atoms with van der Waals surface area (Å²) in [5.74, 6) is 0.738. The maximum Gasteiger partial charge on any atom is 0.122 e. The molecule has 17 heavy (non-hydrogen) atoms. The summed E-state index contributed by atoms with van der Waals surface area (Å²) in [5.41, 5.74) is 7.47. The summed E-state index contributed by atoms with van der Waals surface area (Å²) < 4.78 is 0. The summed E-state index contributed by atoms with van der Waals surface area (Å²) in [7, 11) is 2.13. The summed E-state index contributed by atoms with van der Waals surface area (Å²) >= 11 is 4.92. The minimum absolute atomic E-state index is 0.358. The van der Waals surface area contributed by atoms with E-state index in [1.807, 2.05) is 12.1 Å². The molecule has 94 valence electrons. The van der Waals surface area contributed by atoms with Gasteiger partial charge in [0.2, 0.25) is 0 Å². The van der Waals surface area contributed by atoms with Crippen LogP contribution in [0.15, 0.2) is 18.3 Å². The van der Waals surface area contributed by atoms with Crippen molar-refractivity contribution in [1.82, 2.24) is 9.88 Å². The van der Waals surface area contributed by atoms with E-state index in [9.17, 15) is 0 Å². The molecule has 1 aromatic heterocycles. The average Bonchev–Trinajstić information content (AvgIpc) is 2.26. The van der Waals surface area contributed by atoms with Crippen molar-refractivity contribution in [1.29, 1.82) is 0 Å². The SMILES string of the molecule is CC(C)CCN(C)Cc1ccnc(C(N)=S)c1. The zero-order valence-electron chi connectivity index (χ0n) is 10.8. The number of thiocarbonyl (C=S) groups is 1. The number of pyridine rings is 1. The van der Waals surface area contributed by atoms with Crippen LogP contribution in [0.2, 0.25) is 0 Å². The van der Waals surface area contributed by atoms with Gasteiger partial charge < -0.3 is 10.6 Å². The lowest BCUT2D eigenvalue weighted by Gasteiger charge is -2.18. The fourth-order valence-corrected chi connectivity index (χ4v) is 1.69. The van der Waals surface area contributed by atoms with Gasteiger partial charge in [-0.05, 0) is 43.6 Å². The number of aromatic nitrogens is 1. The Hall–Kier alpha value is -1.00. The second-order valence-electron chi connectivity index (χ2n) is 4.83. The van der Waals surface area contributed by atoms with E-state index in [1.165, 1.54) is 12.0 Å². The van der Waals surface area contributed by atoms with Crippen LogP contribution in [0, 0.1) is 5.92 Å². The quantitative estimate of drug-likeness (QED) is 0.787. The van der Waals surface area contributed by atoms with Gasteiger partial charge in [0.05, 0.1) is 5.69 Å². The molecule has 3 nitrogen and oxygen atoms in total. The molecule has 0 aromatic carbocycles. The fraction of sp³-hybridized carbons (Fsp3) is 0.538. The molecule has 1 aromatic rings. The normalized spacial score (nSPS) is 11.1. The molecule has 0 atom stereocenters. The topological polar surface area (TPSA) is 42.2 Å². The predicted octanol–water partition coefficient (Wildman–Crippen LogP) is 2.19. The third-order valence-electron chi connectivity index (χ3n) is 2.62. The first-order valence-corrected chi connectivity index (χ1v) is 6.33. The van der Waals surface area contributed by atoms with E-state index in [4.69, 9.17) is 18.0 Å². The molecule has 0 aliphatic heterocycles. The first kappa shape index (κ1) is 14.1. The van der Waals surface area contributed by atoms with Crippen LogP contribution >= 0.6 is 12.2 Å². The van der Waals surface area contributed by atoms with Gasteiger partial charge in [-0.15, -0.1) is 0 Å². The molecule has 0 bridgehead atoms. The van der Waals surface area contributed by atoms with Gasteiger partial charge in [0.1, 0.15) is 4.99 Å². The van der Waals surface area contributed by atoms with Crippen molar-refractivity contribution < 1.29 is 0 Å². The molecule has 0 radical (unpaired) electrons. The Morgan fingerprint density at radius 1 is 1.53 bits per heavy atom. The van der Waals surface area contributed by atoms with Gasteiger partial charge in [0, 0.05) is 12.7 Å². The van der Waals surface area contributed by atoms with Crippen LogP contribution in [0.3, 0.4) is 0 Å². The number of hydrogen-bond acceptors (Lipinski definition) is 3. The van der Waals surface area contributed by atoms with Gasteiger partial charge in [0.25, 0.3) is 0 Å². The molecule has 0 unspecified atom stereocenters. The minimum atomic E-state index is 0.358. The molecule has 0 aliphatic rings. The first-order valence-electron chi connectivity index (χ1n) is 5.92. The largest absolute Gasteiger partial charge is 0.388 e. The lowest BCUT2D eigenvalue weighted by atomic mass is 10.1. The van der Waals surface area contributed by atoms with Gasteiger partial charge in [-0.25, -0.2) is 0 Å². The van der Waals surface area contributed by atoms with Crippen LogP contribution < -0.4 is 5.73 Å². The smallest absolute Gasteiger partial charge is 0.122 e. The van der Waals surface area contributed by atoms with Crippen LogP contribution in [0.25, 0.3) is 0 Å². The van der Waals surface area contributed by atoms with Crippen molar-refractivity contribution in [2.75, 3.05) is 13.6 Å². The van der Waals surface area contributed by atoms with Gasteiger partial charge >= 0.3 is 0 Å². The first-order chi connectivity index (χ1) is 7.99. The summed E-state index contributed by atoms with van der Waals surface area (Å²) in [4.78, 5) is 6.80. The van der Waals surface area contributed by atoms with E-state index in [0.717, 1.165) is 19.0 Å². The molecule has 1 heterocycles. The molecule has 0 spiro atoms. The second kappa shape index (κ2) is 6.67. The lowest BCUT2D eigenvalue weighted by molar-refractivity contribution is 0.303. The van der Waals surface area contributed by atoms with Gasteiger partial charge in [-0.3, -0.25) is 4.98 Å². The fourth-order valence-electron chi connectivity index (χ4n) is 1.58. The van der Waals surface area contributed by atoms with Crippen molar-refractivity contribution >= 4 is 17.2 Å². The Morgan fingerprint density at radius 2 is 2.24 bits per heavy atom. The molecule has 0 saturated heterocycles. The second-order valence-corrected chi connectivity index (χ2v) is 5.27. The highest BCUT2D eigenvalue weighted by Crippen LogP contribution is 2.07. The van der Waals surface area contributed by atoms with Gasteiger partial charge in [-0.2, -0.15) is 0 Å². The van der Waals surface area contributed by atoms with E-state index in [1.54, 1.807) is 6.20 Å². The van der Waals surface area contributed by atoms with Crippen LogP contribution in [-0.2, 0) is 6.54 Å². The van der Waals surface area contributed by atoms with Crippen molar-refractivity contribution in [3.8, 4) is 0 Å². The molecule has 4 heteroatoms. The minimum Gasteiger partial charge on any atom is -0.388 e. The van der Waals surface area contributed by atoms with E-state index in [0.29, 0.717) is 10.7 Å². The lowest BCUT2D eigenvalue weighted by Crippen LogP contribution is -2.21. The zero-order valence-corrected chi connectivity index (χ0v) is 11.6. The summed E-state index contributed by atoms with van der Waals surface area (Å²) in [6.07, 6.45) is 2.98. The number of rotatable bonds is 6. The number of hydrogen-bond donors (Lipinski definition) is 1. The summed E-state index contributed by atoms with van der Waals surface area (Å²) in [5, 5.41) is 0. The highest BCUT2D eigenvalue weighted by atomic mass is 32.1. The monoisotopic (exact) mass is 251 g/mol. The average molecular weight is 251 g/mol. The molecule has 0 saturated carbocycles. The molecule has 2 N–H and O–H groups in total. The Morgan fingerprint density at radius 3 is 2.82 bits per heavy atom. The van der Waals surface area contributed by atoms with Crippen LogP contribution in [0.5, 0.6) is 0 Å². The van der Waals surface area contributed by atoms with E-state index >= 15 is 0 Å². The Balaban J connectivity index is 2.56. The van der Waals surface area contributed by atoms with Gasteiger partial charge in [-0.1, -0.05) is 26.1 Å². The maximum atomic E-state index is 5.57. The van der Waals surface area contributed by atoms with Gasteiger partial charge in [0.15, 0.2) is 0 Å². The van der Waals surface area contributed by atoms with Crippen LogP contribution in [0.4, 0.5) is 0 Å². The molecular formula is C13H21N3S. The molecule has 1 rings (SSSR count). The zero-order chi connectivity index (χ0) is 12.8. The molecule has 0 amide bonds. The number of nitrogens with zero attached hydrogens (tertiary/aromatic N) is 2. The highest BCUT2D eigenvalue weighted by molar-refractivity contribution is 7.80. The highest BCUT2D eigenvalue weighted by Gasteiger charge is 2.04. The van der Waals surface area contributed by atoms with E-state index in [2.05, 4.69) is 30.8 Å². The van der Waals surface area contributed by atoms with Crippen LogP contribution in [0.1, 0.15) is 31.5 Å². The van der Waals surface area contributed by atoms with Crippen molar-refractivity contribution in [3.63, 3.8) is 0 Å². The molecular weight excluding hydrogens is 230 g/mol. The van der Waals surface area contributed by atoms with Crippen LogP contribution in [-0.4, -0.2) is 28.5 Å².